The van der Waals surface area contributed by atoms with E-state index in [-0.39, 0.29) is 33.1 Å². The van der Waals surface area contributed by atoms with Crippen molar-refractivity contribution in [3.8, 4) is 0 Å². The number of fused-ring (bicyclic) bond motifs is 1. The molecule has 1 N–H and O–H groups in total. The highest BCUT2D eigenvalue weighted by Gasteiger charge is 2.31. The summed E-state index contributed by atoms with van der Waals surface area (Å²) in [5, 5.41) is 2.83. The minimum Gasteiger partial charge on any atom is -0.380 e. The number of hydrogen-bond donors (Lipinski definition) is 1. The number of Topliss-reactive ketones (excluding diaryl/α,β-unsaturated/α-hetero) is 1. The fourth-order valence-corrected chi connectivity index (χ4v) is 4.45. The summed E-state index contributed by atoms with van der Waals surface area (Å²) in [7, 11) is 0. The van der Waals surface area contributed by atoms with Gasteiger partial charge in [0.15, 0.2) is 17.4 Å². The molecule has 4 rings (SSSR count). The first-order valence-electron chi connectivity index (χ1n) is 10.2. The molecule has 0 unspecified atom stereocenters. The van der Waals surface area contributed by atoms with Crippen molar-refractivity contribution in [1.82, 2.24) is 9.55 Å². The van der Waals surface area contributed by atoms with E-state index in [2.05, 4.69) is 10.3 Å². The number of thioether (sulfide) groups is 1. The first-order valence-corrected chi connectivity index (χ1v) is 11.4. The number of halogens is 2. The molecule has 2 aromatic heterocycles. The number of ketones is 1. The van der Waals surface area contributed by atoms with Crippen LogP contribution in [0.5, 0.6) is 0 Å². The lowest BCUT2D eigenvalue weighted by atomic mass is 10.1. The smallest absolute Gasteiger partial charge is 0.201 e. The number of rotatable bonds is 8. The van der Waals surface area contributed by atoms with E-state index in [1.54, 1.807) is 17.0 Å². The molecule has 0 aliphatic heterocycles. The van der Waals surface area contributed by atoms with E-state index < -0.39 is 22.8 Å². The van der Waals surface area contributed by atoms with Crippen molar-refractivity contribution < 1.29 is 13.6 Å². The zero-order valence-electron chi connectivity index (χ0n) is 17.4. The molecule has 0 atom stereocenters. The van der Waals surface area contributed by atoms with E-state index in [1.165, 1.54) is 13.1 Å². The van der Waals surface area contributed by atoms with Crippen molar-refractivity contribution in [3.05, 3.63) is 63.7 Å². The molecule has 1 fully saturated rings. The summed E-state index contributed by atoms with van der Waals surface area (Å²) in [4.78, 5) is 29.3. The van der Waals surface area contributed by atoms with Crippen LogP contribution in [0.2, 0.25) is 0 Å². The molecule has 31 heavy (non-hydrogen) atoms. The van der Waals surface area contributed by atoms with E-state index >= 15 is 8.78 Å². The number of pyridine rings is 2. The van der Waals surface area contributed by atoms with E-state index in [4.69, 9.17) is 0 Å². The van der Waals surface area contributed by atoms with Crippen LogP contribution in [0.25, 0.3) is 10.9 Å². The Morgan fingerprint density at radius 3 is 2.68 bits per heavy atom. The Morgan fingerprint density at radius 2 is 2.06 bits per heavy atom. The zero-order chi connectivity index (χ0) is 22.1. The van der Waals surface area contributed by atoms with E-state index in [1.807, 2.05) is 18.2 Å². The van der Waals surface area contributed by atoms with Crippen LogP contribution in [-0.4, -0.2) is 28.1 Å². The lowest BCUT2D eigenvalue weighted by molar-refractivity contribution is 0.101. The second kappa shape index (κ2) is 8.78. The molecule has 1 saturated carbocycles. The van der Waals surface area contributed by atoms with Gasteiger partial charge < -0.3 is 9.88 Å². The Morgan fingerprint density at radius 1 is 1.29 bits per heavy atom. The van der Waals surface area contributed by atoms with Crippen LogP contribution < -0.4 is 10.7 Å². The van der Waals surface area contributed by atoms with E-state index in [0.29, 0.717) is 19.4 Å². The predicted octanol–water partition coefficient (Wildman–Crippen LogP) is 4.98. The van der Waals surface area contributed by atoms with Crippen molar-refractivity contribution in [1.29, 1.82) is 0 Å². The Kier molecular flexibility index (Phi) is 6.09. The molecule has 0 amide bonds. The van der Waals surface area contributed by atoms with Gasteiger partial charge in [0.1, 0.15) is 5.69 Å². The second-order valence-corrected chi connectivity index (χ2v) is 8.49. The number of benzene rings is 1. The number of hydrogen-bond acceptors (Lipinski definition) is 5. The van der Waals surface area contributed by atoms with Crippen LogP contribution in [0.15, 0.2) is 40.3 Å². The highest BCUT2D eigenvalue weighted by atomic mass is 32.2. The Labute approximate surface area is 182 Å². The highest BCUT2D eigenvalue weighted by molar-refractivity contribution is 7.98. The van der Waals surface area contributed by atoms with Crippen LogP contribution in [0, 0.1) is 11.6 Å². The molecule has 1 aromatic carbocycles. The van der Waals surface area contributed by atoms with Gasteiger partial charge in [-0.1, -0.05) is 6.07 Å². The van der Waals surface area contributed by atoms with Crippen molar-refractivity contribution in [2.75, 3.05) is 18.1 Å². The summed E-state index contributed by atoms with van der Waals surface area (Å²) in [5.74, 6) is -2.00. The summed E-state index contributed by atoms with van der Waals surface area (Å²) in [6, 6.07) is 5.65. The first-order chi connectivity index (χ1) is 14.9. The van der Waals surface area contributed by atoms with Gasteiger partial charge in [-0.2, -0.15) is 0 Å². The number of carbonyl (C=O) groups excluding carboxylic acids is 1. The standard InChI is InChI=1S/C23H23F2N3O2S/c1-13(29)16-12-28(15-8-9-15)21-17(22(16)30)23(31-2)19(25)20(18(21)24)27-11-5-7-14-6-3-4-10-26-14/h3-4,6,10,12,15,27H,5,7-9,11H2,1-2H3. The SMILES string of the molecule is CSc1c(F)c(NCCCc2ccccn2)c(F)c2c1c(=O)c(C(C)=O)cn2C1CC1. The summed E-state index contributed by atoms with van der Waals surface area (Å²) in [6.07, 6.45) is 7.75. The molecule has 3 aromatic rings. The van der Waals surface area contributed by atoms with Crippen molar-refractivity contribution in [2.45, 2.75) is 43.5 Å². The van der Waals surface area contributed by atoms with Crippen LogP contribution in [0.3, 0.4) is 0 Å². The largest absolute Gasteiger partial charge is 0.380 e. The fraction of sp³-hybridized carbons (Fsp3) is 0.348. The minimum atomic E-state index is -0.796. The molecule has 8 heteroatoms. The molecular weight excluding hydrogens is 420 g/mol. The molecule has 0 spiro atoms. The lowest BCUT2D eigenvalue weighted by Gasteiger charge is -2.19. The number of anilines is 1. The fourth-order valence-electron chi connectivity index (χ4n) is 3.77. The Balaban J connectivity index is 1.76. The van der Waals surface area contributed by atoms with Gasteiger partial charge in [0.2, 0.25) is 5.43 Å². The van der Waals surface area contributed by atoms with Gasteiger partial charge >= 0.3 is 0 Å². The van der Waals surface area contributed by atoms with E-state index in [0.717, 1.165) is 30.3 Å². The average molecular weight is 444 g/mol. The van der Waals surface area contributed by atoms with Gasteiger partial charge in [-0.3, -0.25) is 14.6 Å². The van der Waals surface area contributed by atoms with Gasteiger partial charge in [0.25, 0.3) is 0 Å². The van der Waals surface area contributed by atoms with Gasteiger partial charge in [-0.25, -0.2) is 8.78 Å². The number of aryl methyl sites for hydroxylation is 1. The lowest BCUT2D eigenvalue weighted by Crippen LogP contribution is -2.20. The third-order valence-corrected chi connectivity index (χ3v) is 6.26. The zero-order valence-corrected chi connectivity index (χ0v) is 18.2. The molecular formula is C23H23F2N3O2S. The second-order valence-electron chi connectivity index (χ2n) is 7.68. The van der Waals surface area contributed by atoms with Crippen LogP contribution in [0.4, 0.5) is 14.5 Å². The van der Waals surface area contributed by atoms with E-state index in [9.17, 15) is 9.59 Å². The maximum Gasteiger partial charge on any atom is 0.201 e. The average Bonchev–Trinajstić information content (AvgIpc) is 3.59. The van der Waals surface area contributed by atoms with Crippen LogP contribution in [-0.2, 0) is 6.42 Å². The molecule has 1 aliphatic carbocycles. The molecule has 5 nitrogen and oxygen atoms in total. The third-order valence-electron chi connectivity index (χ3n) is 5.47. The Hall–Kier alpha value is -2.74. The number of aromatic nitrogens is 2. The van der Waals surface area contributed by atoms with Crippen LogP contribution >= 0.6 is 11.8 Å². The topological polar surface area (TPSA) is 64.0 Å². The third kappa shape index (κ3) is 4.08. The van der Waals surface area contributed by atoms with Crippen LogP contribution in [0.1, 0.15) is 48.3 Å². The number of nitrogens with one attached hydrogen (secondary N) is 1. The Bertz CT molecular complexity index is 1210. The molecule has 0 radical (unpaired) electrons. The van der Waals surface area contributed by atoms with Gasteiger partial charge in [0, 0.05) is 30.7 Å². The van der Waals surface area contributed by atoms with Gasteiger partial charge in [-0.15, -0.1) is 11.8 Å². The van der Waals surface area contributed by atoms with Gasteiger partial charge in [0.05, 0.1) is 21.4 Å². The van der Waals surface area contributed by atoms with Crippen molar-refractivity contribution >= 4 is 34.1 Å². The molecule has 162 valence electrons. The monoisotopic (exact) mass is 443 g/mol. The molecule has 0 saturated heterocycles. The first kappa shape index (κ1) is 21.5. The predicted molar refractivity (Wildman–Crippen MR) is 119 cm³/mol. The summed E-state index contributed by atoms with van der Waals surface area (Å²) in [6.45, 7) is 1.64. The quantitative estimate of drug-likeness (QED) is 0.302. The number of carbonyl (C=O) groups is 1. The molecule has 2 heterocycles. The summed E-state index contributed by atoms with van der Waals surface area (Å²) >= 11 is 1.04. The van der Waals surface area contributed by atoms with Gasteiger partial charge in [-0.05, 0) is 51.0 Å². The van der Waals surface area contributed by atoms with Crippen molar-refractivity contribution in [2.24, 2.45) is 0 Å². The van der Waals surface area contributed by atoms with Crippen molar-refractivity contribution in [3.63, 3.8) is 0 Å². The summed E-state index contributed by atoms with van der Waals surface area (Å²) in [5.41, 5.74) is 0.0819. The number of nitrogens with zero attached hydrogens (tertiary/aromatic N) is 2. The molecule has 0 bridgehead atoms. The normalized spacial score (nSPS) is 13.5. The maximum absolute atomic E-state index is 15.6. The maximum atomic E-state index is 15.6. The minimum absolute atomic E-state index is 0.00729. The highest BCUT2D eigenvalue weighted by Crippen LogP contribution is 2.41. The summed E-state index contributed by atoms with van der Waals surface area (Å²) < 4.78 is 32.5. The molecule has 1 aliphatic rings.